The highest BCUT2D eigenvalue weighted by Crippen LogP contribution is 2.37. The maximum Gasteiger partial charge on any atom is 0.416 e. The quantitative estimate of drug-likeness (QED) is 0.242. The van der Waals surface area contributed by atoms with E-state index in [-0.39, 0.29) is 50.7 Å². The summed E-state index contributed by atoms with van der Waals surface area (Å²) >= 11 is 0.887. The number of amides is 3. The lowest BCUT2D eigenvalue weighted by molar-refractivity contribution is -0.143. The summed E-state index contributed by atoms with van der Waals surface area (Å²) in [4.78, 5) is 34.2. The minimum atomic E-state index is -5.03. The van der Waals surface area contributed by atoms with Crippen LogP contribution in [-0.4, -0.2) is 62.2 Å². The smallest absolute Gasteiger partial charge is 0.416 e. The summed E-state index contributed by atoms with van der Waals surface area (Å²) in [7, 11) is 0. The Hall–Kier alpha value is -4.22. The number of anilines is 3. The first-order valence-electron chi connectivity index (χ1n) is 13.0. The topological polar surface area (TPSA) is 125 Å². The monoisotopic (exact) mass is 636 g/mol. The molecule has 236 valence electrons. The maximum absolute atomic E-state index is 13.1. The highest BCUT2D eigenvalue weighted by atomic mass is 32.1. The Kier molecular flexibility index (Phi) is 12.9. The van der Waals surface area contributed by atoms with Crippen molar-refractivity contribution in [1.29, 1.82) is 0 Å². The number of urea groups is 1. The molecule has 0 aliphatic carbocycles. The van der Waals surface area contributed by atoms with Crippen LogP contribution < -0.4 is 20.3 Å². The van der Waals surface area contributed by atoms with Crippen molar-refractivity contribution in [3.63, 3.8) is 0 Å². The minimum Gasteiger partial charge on any atom is -0.468 e. The Balaban J connectivity index is 0.00000155. The zero-order valence-corrected chi connectivity index (χ0v) is 24.4. The van der Waals surface area contributed by atoms with Gasteiger partial charge in [0.1, 0.15) is 6.61 Å². The highest BCUT2D eigenvalue weighted by Gasteiger charge is 2.37. The Morgan fingerprint density at radius 3 is 2.14 bits per heavy atom. The van der Waals surface area contributed by atoms with Gasteiger partial charge in [-0.15, -0.1) is 4.37 Å². The molecule has 1 aromatic carbocycles. The van der Waals surface area contributed by atoms with Crippen molar-refractivity contribution >= 4 is 41.6 Å². The SMILES string of the molecule is CC.CC.O=CNc1nccc(COc2nsnc2N2CCN(C(=O)Nc3cc(C(F)(F)F)cc(C(F)(F)F)c3)CC2)n1. The van der Waals surface area contributed by atoms with Crippen LogP contribution >= 0.6 is 11.7 Å². The van der Waals surface area contributed by atoms with Gasteiger partial charge in [0.25, 0.3) is 5.88 Å². The molecule has 0 radical (unpaired) electrons. The molecule has 0 unspecified atom stereocenters. The Bertz CT molecular complexity index is 1300. The van der Waals surface area contributed by atoms with Crippen molar-refractivity contribution in [3.05, 3.63) is 47.3 Å². The number of halogens is 6. The van der Waals surface area contributed by atoms with Gasteiger partial charge in [-0.05, 0) is 24.3 Å². The standard InChI is InChI=1S/C21H18F6N8O3S.2C2H6/c22-20(23,24)12-7-13(21(25,26)27)9-15(8-12)31-19(37)35-5-3-34(4-6-35)16-17(33-39-32-16)38-10-14-1-2-28-18(30-14)29-11-36;2*1-2/h1-2,7-9,11H,3-6,10H2,(H,31,37)(H,28,29,30,36);2*1-2H3. The molecule has 43 heavy (non-hydrogen) atoms. The number of rotatable bonds is 7. The van der Waals surface area contributed by atoms with Gasteiger partial charge in [0.05, 0.1) is 28.5 Å². The van der Waals surface area contributed by atoms with E-state index in [9.17, 15) is 35.9 Å². The van der Waals surface area contributed by atoms with Gasteiger partial charge in [0.2, 0.25) is 18.2 Å². The van der Waals surface area contributed by atoms with Gasteiger partial charge in [0, 0.05) is 38.1 Å². The van der Waals surface area contributed by atoms with Crippen molar-refractivity contribution in [1.82, 2.24) is 23.6 Å². The van der Waals surface area contributed by atoms with Crippen LogP contribution in [0.4, 0.5) is 48.6 Å². The van der Waals surface area contributed by atoms with Crippen LogP contribution in [0.25, 0.3) is 0 Å². The van der Waals surface area contributed by atoms with Gasteiger partial charge in [-0.2, -0.15) is 30.7 Å². The number of piperazine rings is 1. The number of carbonyl (C=O) groups is 2. The molecule has 0 bridgehead atoms. The molecular formula is C25H30F6N8O3S. The molecule has 1 fully saturated rings. The molecule has 1 saturated heterocycles. The van der Waals surface area contributed by atoms with Gasteiger partial charge < -0.3 is 19.9 Å². The van der Waals surface area contributed by atoms with Gasteiger partial charge >= 0.3 is 18.4 Å². The van der Waals surface area contributed by atoms with Crippen LogP contribution in [-0.2, 0) is 23.8 Å². The second-order valence-electron chi connectivity index (χ2n) is 8.01. The fourth-order valence-corrected chi connectivity index (χ4v) is 4.07. The highest BCUT2D eigenvalue weighted by molar-refractivity contribution is 6.99. The largest absolute Gasteiger partial charge is 0.468 e. The van der Waals surface area contributed by atoms with E-state index in [0.29, 0.717) is 30.1 Å². The van der Waals surface area contributed by atoms with Gasteiger partial charge in [-0.25, -0.2) is 14.8 Å². The van der Waals surface area contributed by atoms with E-state index < -0.39 is 35.2 Å². The number of hydrogen-bond acceptors (Lipinski definition) is 9. The third-order valence-electron chi connectivity index (χ3n) is 5.41. The summed E-state index contributed by atoms with van der Waals surface area (Å²) in [6.45, 7) is 8.67. The van der Waals surface area contributed by atoms with E-state index in [1.165, 1.54) is 11.1 Å². The van der Waals surface area contributed by atoms with Crippen LogP contribution in [0.1, 0.15) is 44.5 Å². The second-order valence-corrected chi connectivity index (χ2v) is 8.54. The molecule has 2 aromatic heterocycles. The first kappa shape index (κ1) is 35.0. The second kappa shape index (κ2) is 15.9. The van der Waals surface area contributed by atoms with E-state index in [1.807, 2.05) is 27.7 Å². The molecule has 0 spiro atoms. The molecule has 3 aromatic rings. The molecule has 3 amide bonds. The third-order valence-corrected chi connectivity index (χ3v) is 5.91. The van der Waals surface area contributed by atoms with Gasteiger partial charge in [-0.3, -0.25) is 10.1 Å². The normalized spacial score (nSPS) is 13.2. The maximum atomic E-state index is 13.1. The van der Waals surface area contributed by atoms with Gasteiger partial charge in [-0.1, -0.05) is 27.7 Å². The van der Waals surface area contributed by atoms with E-state index >= 15 is 0 Å². The summed E-state index contributed by atoms with van der Waals surface area (Å²) < 4.78 is 92.6. The summed E-state index contributed by atoms with van der Waals surface area (Å²) in [6, 6.07) is 1.61. The lowest BCUT2D eigenvalue weighted by Crippen LogP contribution is -2.50. The van der Waals surface area contributed by atoms with Crippen LogP contribution in [0.5, 0.6) is 5.88 Å². The lowest BCUT2D eigenvalue weighted by Gasteiger charge is -2.34. The molecule has 0 atom stereocenters. The van der Waals surface area contributed by atoms with Crippen molar-refractivity contribution < 1.29 is 40.7 Å². The molecule has 2 N–H and O–H groups in total. The fraction of sp³-hybridized carbons (Fsp3) is 0.440. The number of benzene rings is 1. The number of aromatic nitrogens is 4. The fourth-order valence-electron chi connectivity index (χ4n) is 3.55. The molecule has 1 aliphatic heterocycles. The van der Waals surface area contributed by atoms with Crippen LogP contribution in [0.2, 0.25) is 0 Å². The summed E-state index contributed by atoms with van der Waals surface area (Å²) in [5, 5.41) is 4.45. The van der Waals surface area contributed by atoms with Gasteiger partial charge in [0.15, 0.2) is 0 Å². The first-order chi connectivity index (χ1) is 20.4. The molecule has 1 aliphatic rings. The minimum absolute atomic E-state index is 0.00621. The van der Waals surface area contributed by atoms with E-state index in [4.69, 9.17) is 4.74 Å². The number of carbonyl (C=O) groups excluding carboxylic acids is 2. The summed E-state index contributed by atoms with van der Waals surface area (Å²) in [6.07, 6.45) is -8.20. The third kappa shape index (κ3) is 9.93. The number of nitrogens with zero attached hydrogens (tertiary/aromatic N) is 6. The zero-order valence-electron chi connectivity index (χ0n) is 23.6. The average molecular weight is 637 g/mol. The molecule has 11 nitrogen and oxygen atoms in total. The molecule has 18 heteroatoms. The summed E-state index contributed by atoms with van der Waals surface area (Å²) in [5.41, 5.74) is -3.23. The van der Waals surface area contributed by atoms with Crippen LogP contribution in [0, 0.1) is 0 Å². The van der Waals surface area contributed by atoms with Crippen molar-refractivity contribution in [3.8, 4) is 5.88 Å². The number of alkyl halides is 6. The molecule has 3 heterocycles. The van der Waals surface area contributed by atoms with E-state index in [2.05, 4.69) is 29.3 Å². The predicted molar refractivity (Wildman–Crippen MR) is 148 cm³/mol. The zero-order chi connectivity index (χ0) is 32.2. The predicted octanol–water partition coefficient (Wildman–Crippen LogP) is 5.92. The lowest BCUT2D eigenvalue weighted by atomic mass is 10.1. The van der Waals surface area contributed by atoms with Crippen molar-refractivity contribution in [2.45, 2.75) is 46.7 Å². The Morgan fingerprint density at radius 1 is 0.977 bits per heavy atom. The Labute approximate surface area is 247 Å². The van der Waals surface area contributed by atoms with Crippen molar-refractivity contribution in [2.24, 2.45) is 0 Å². The molecular weight excluding hydrogens is 606 g/mol. The molecule has 4 rings (SSSR count). The van der Waals surface area contributed by atoms with Crippen LogP contribution in [0.15, 0.2) is 30.5 Å². The van der Waals surface area contributed by atoms with E-state index in [1.54, 1.807) is 11.0 Å². The van der Waals surface area contributed by atoms with Crippen molar-refractivity contribution in [2.75, 3.05) is 41.7 Å². The first-order valence-corrected chi connectivity index (χ1v) is 13.7. The number of ether oxygens (including phenoxy) is 1. The summed E-state index contributed by atoms with van der Waals surface area (Å²) in [5.74, 6) is 0.690. The number of hydrogen-bond donors (Lipinski definition) is 2. The average Bonchev–Trinajstić information content (AvgIpc) is 3.46. The van der Waals surface area contributed by atoms with E-state index in [0.717, 1.165) is 11.7 Å². The molecule has 0 saturated carbocycles. The van der Waals surface area contributed by atoms with Crippen LogP contribution in [0.3, 0.4) is 0 Å². The Morgan fingerprint density at radius 2 is 1.58 bits per heavy atom. The number of nitrogens with one attached hydrogen (secondary N) is 2.